The summed E-state index contributed by atoms with van der Waals surface area (Å²) in [6, 6.07) is 0. The fourth-order valence-electron chi connectivity index (χ4n) is 0.224. The zero-order chi connectivity index (χ0) is 5.86. The van der Waals surface area contributed by atoms with Gasteiger partial charge in [-0.25, -0.2) is 0 Å². The molecule has 42 valence electrons. The average molecular weight is 101 g/mol. The van der Waals surface area contributed by atoms with Gasteiger partial charge in [0.15, 0.2) is 5.96 Å². The van der Waals surface area contributed by atoms with Crippen LogP contribution < -0.4 is 5.32 Å². The van der Waals surface area contributed by atoms with Gasteiger partial charge >= 0.3 is 0 Å². The molecule has 0 aromatic carbocycles. The normalized spacial score (nSPS) is 7.86. The summed E-state index contributed by atoms with van der Waals surface area (Å²) in [5.74, 6) is 0.431. The van der Waals surface area contributed by atoms with E-state index in [1.165, 1.54) is 0 Å². The summed E-state index contributed by atoms with van der Waals surface area (Å²) in [5, 5.41) is 9.68. The van der Waals surface area contributed by atoms with Crippen LogP contribution in [0.25, 0.3) is 0 Å². The first-order valence-electron chi connectivity index (χ1n) is 2.12. The third-order valence-corrected chi connectivity index (χ3v) is 0.684. The molecule has 0 heterocycles. The molecule has 0 aliphatic carbocycles. The number of nitrogens with one attached hydrogen (secondary N) is 2. The largest absolute Gasteiger partial charge is 0.360 e. The van der Waals surface area contributed by atoms with Gasteiger partial charge in [-0.2, -0.15) is 0 Å². The Morgan fingerprint density at radius 3 is 2.00 bits per heavy atom. The van der Waals surface area contributed by atoms with Gasteiger partial charge < -0.3 is 10.2 Å². The summed E-state index contributed by atoms with van der Waals surface area (Å²) >= 11 is 0. The van der Waals surface area contributed by atoms with E-state index in [9.17, 15) is 0 Å². The summed E-state index contributed by atoms with van der Waals surface area (Å²) in [7, 11) is 5.36. The summed E-state index contributed by atoms with van der Waals surface area (Å²) in [4.78, 5) is 1.69. The van der Waals surface area contributed by atoms with Crippen LogP contribution in [0.15, 0.2) is 0 Å². The molecule has 3 nitrogen and oxygen atoms in total. The molecule has 0 saturated heterocycles. The Kier molecular flexibility index (Phi) is 2.19. The number of hydrogen-bond acceptors (Lipinski definition) is 1. The molecule has 3 heteroatoms. The third kappa shape index (κ3) is 2.03. The zero-order valence-electron chi connectivity index (χ0n) is 4.95. The second-order valence-corrected chi connectivity index (χ2v) is 1.49. The van der Waals surface area contributed by atoms with Gasteiger partial charge in [0.2, 0.25) is 0 Å². The van der Waals surface area contributed by atoms with E-state index >= 15 is 0 Å². The Labute approximate surface area is 43.8 Å². The second kappa shape index (κ2) is 2.44. The molecule has 0 amide bonds. The summed E-state index contributed by atoms with van der Waals surface area (Å²) in [5.41, 5.74) is 0. The molecular weight excluding hydrogens is 90.1 g/mol. The molecule has 7 heavy (non-hydrogen) atoms. The summed E-state index contributed by atoms with van der Waals surface area (Å²) in [6.45, 7) is 0. The molecular formula is C4H11N3. The van der Waals surface area contributed by atoms with Crippen LogP contribution in [0.1, 0.15) is 0 Å². The van der Waals surface area contributed by atoms with Gasteiger partial charge in [0.1, 0.15) is 0 Å². The van der Waals surface area contributed by atoms with E-state index in [-0.39, 0.29) is 0 Å². The van der Waals surface area contributed by atoms with E-state index in [0.29, 0.717) is 5.96 Å². The molecule has 0 spiro atoms. The summed E-state index contributed by atoms with van der Waals surface area (Å²) in [6.07, 6.45) is 0. The van der Waals surface area contributed by atoms with Crippen molar-refractivity contribution in [3.63, 3.8) is 0 Å². The van der Waals surface area contributed by atoms with Crippen LogP contribution >= 0.6 is 0 Å². The van der Waals surface area contributed by atoms with E-state index in [2.05, 4.69) is 5.32 Å². The quantitative estimate of drug-likeness (QED) is 0.325. The highest BCUT2D eigenvalue weighted by Gasteiger charge is 1.88. The first-order valence-corrected chi connectivity index (χ1v) is 2.12. The lowest BCUT2D eigenvalue weighted by Gasteiger charge is -2.10. The molecule has 0 aliphatic rings. The molecule has 0 aromatic heterocycles. The van der Waals surface area contributed by atoms with E-state index in [1.807, 2.05) is 14.1 Å². The Balaban J connectivity index is 3.35. The molecule has 0 fully saturated rings. The van der Waals surface area contributed by atoms with Crippen molar-refractivity contribution in [2.45, 2.75) is 0 Å². The maximum Gasteiger partial charge on any atom is 0.190 e. The predicted octanol–water partition coefficient (Wildman–Crippen LogP) is -0.298. The van der Waals surface area contributed by atoms with E-state index in [0.717, 1.165) is 0 Å². The van der Waals surface area contributed by atoms with Crippen molar-refractivity contribution in [3.8, 4) is 0 Å². The molecule has 0 saturated carbocycles. The maximum absolute atomic E-state index is 7.01. The highest BCUT2D eigenvalue weighted by Crippen LogP contribution is 1.67. The molecule has 0 rings (SSSR count). The van der Waals surface area contributed by atoms with Gasteiger partial charge in [-0.1, -0.05) is 0 Å². The fourth-order valence-corrected chi connectivity index (χ4v) is 0.224. The molecule has 0 radical (unpaired) electrons. The van der Waals surface area contributed by atoms with E-state index < -0.39 is 0 Å². The average Bonchev–Trinajstić information content (AvgIpc) is 1.65. The van der Waals surface area contributed by atoms with Crippen molar-refractivity contribution < 1.29 is 0 Å². The Morgan fingerprint density at radius 1 is 1.57 bits per heavy atom. The number of guanidine groups is 1. The number of rotatable bonds is 0. The topological polar surface area (TPSA) is 39.1 Å². The van der Waals surface area contributed by atoms with E-state index in [4.69, 9.17) is 5.41 Å². The first-order chi connectivity index (χ1) is 3.18. The molecule has 0 unspecified atom stereocenters. The second-order valence-electron chi connectivity index (χ2n) is 1.49. The van der Waals surface area contributed by atoms with Crippen molar-refractivity contribution in [2.24, 2.45) is 0 Å². The smallest absolute Gasteiger partial charge is 0.190 e. The molecule has 0 aromatic rings. The monoisotopic (exact) mass is 101 g/mol. The van der Waals surface area contributed by atoms with Crippen molar-refractivity contribution in [1.82, 2.24) is 10.2 Å². The Hall–Kier alpha value is -0.730. The Morgan fingerprint density at radius 2 is 2.00 bits per heavy atom. The van der Waals surface area contributed by atoms with Crippen LogP contribution in [-0.2, 0) is 0 Å². The predicted molar refractivity (Wildman–Crippen MR) is 30.5 cm³/mol. The van der Waals surface area contributed by atoms with Gasteiger partial charge in [0.25, 0.3) is 0 Å². The van der Waals surface area contributed by atoms with Crippen LogP contribution in [0.2, 0.25) is 0 Å². The number of hydrogen-bond donors (Lipinski definition) is 2. The molecule has 2 N–H and O–H groups in total. The van der Waals surface area contributed by atoms with Crippen LogP contribution in [0.5, 0.6) is 0 Å². The van der Waals surface area contributed by atoms with Crippen molar-refractivity contribution >= 4 is 5.96 Å². The van der Waals surface area contributed by atoms with Gasteiger partial charge in [0, 0.05) is 21.1 Å². The first kappa shape index (κ1) is 6.27. The van der Waals surface area contributed by atoms with Crippen LogP contribution in [0.4, 0.5) is 0 Å². The molecule has 0 bridgehead atoms. The van der Waals surface area contributed by atoms with Crippen molar-refractivity contribution in [3.05, 3.63) is 0 Å². The summed E-state index contributed by atoms with van der Waals surface area (Å²) < 4.78 is 0. The highest BCUT2D eigenvalue weighted by molar-refractivity contribution is 5.75. The van der Waals surface area contributed by atoms with Crippen LogP contribution in [0.3, 0.4) is 0 Å². The fraction of sp³-hybridized carbons (Fsp3) is 0.750. The zero-order valence-corrected chi connectivity index (χ0v) is 4.95. The standard InChI is InChI=1S/C4H11N3/c1-6-4(5)7(2)3/h1-3H3,(H2,5,6). The van der Waals surface area contributed by atoms with Crippen LogP contribution in [0, 0.1) is 5.41 Å². The minimum Gasteiger partial charge on any atom is -0.360 e. The lowest BCUT2D eigenvalue weighted by Crippen LogP contribution is -2.32. The van der Waals surface area contributed by atoms with Crippen molar-refractivity contribution in [2.75, 3.05) is 21.1 Å². The molecule has 0 aliphatic heterocycles. The highest BCUT2D eigenvalue weighted by atomic mass is 15.2. The lowest BCUT2D eigenvalue weighted by atomic mass is 10.8. The van der Waals surface area contributed by atoms with Gasteiger partial charge in [-0.05, 0) is 0 Å². The van der Waals surface area contributed by atoms with E-state index in [1.54, 1.807) is 11.9 Å². The number of nitrogens with zero attached hydrogens (tertiary/aromatic N) is 1. The van der Waals surface area contributed by atoms with Crippen LogP contribution in [-0.4, -0.2) is 32.0 Å². The minimum atomic E-state index is 0.431. The third-order valence-electron chi connectivity index (χ3n) is 0.684. The SMILES string of the molecule is CNC(=N)N(C)C. The molecule has 0 atom stereocenters. The van der Waals surface area contributed by atoms with Gasteiger partial charge in [-0.3, -0.25) is 5.41 Å². The Bertz CT molecular complexity index is 67.3. The lowest BCUT2D eigenvalue weighted by molar-refractivity contribution is 0.592. The van der Waals surface area contributed by atoms with Gasteiger partial charge in [0.05, 0.1) is 0 Å². The van der Waals surface area contributed by atoms with Crippen molar-refractivity contribution in [1.29, 1.82) is 5.41 Å². The van der Waals surface area contributed by atoms with Gasteiger partial charge in [-0.15, -0.1) is 0 Å². The maximum atomic E-state index is 7.01. The minimum absolute atomic E-state index is 0.431.